The maximum atomic E-state index is 9.08. The van der Waals surface area contributed by atoms with Crippen LogP contribution in [0, 0.1) is 0 Å². The smallest absolute Gasteiger partial charge is 0.133 e. The van der Waals surface area contributed by atoms with Crippen LogP contribution >= 0.6 is 15.9 Å². The SMILES string of the molecule is CCCCN(CCO)Cc1ccc(OC)c(Br)c1. The van der Waals surface area contributed by atoms with Gasteiger partial charge in [-0.1, -0.05) is 19.4 Å². The summed E-state index contributed by atoms with van der Waals surface area (Å²) >= 11 is 3.50. The summed E-state index contributed by atoms with van der Waals surface area (Å²) in [6.45, 7) is 5.01. The van der Waals surface area contributed by atoms with Gasteiger partial charge in [-0.3, -0.25) is 4.90 Å². The Balaban J connectivity index is 2.64. The van der Waals surface area contributed by atoms with Crippen molar-refractivity contribution in [2.75, 3.05) is 26.8 Å². The number of benzene rings is 1. The molecule has 0 aliphatic heterocycles. The van der Waals surface area contributed by atoms with Gasteiger partial charge >= 0.3 is 0 Å². The molecule has 0 bridgehead atoms. The maximum Gasteiger partial charge on any atom is 0.133 e. The van der Waals surface area contributed by atoms with Crippen LogP contribution in [0.25, 0.3) is 0 Å². The summed E-state index contributed by atoms with van der Waals surface area (Å²) in [7, 11) is 1.67. The summed E-state index contributed by atoms with van der Waals surface area (Å²) in [4.78, 5) is 2.28. The third-order valence-electron chi connectivity index (χ3n) is 2.87. The highest BCUT2D eigenvalue weighted by atomic mass is 79.9. The van der Waals surface area contributed by atoms with E-state index in [0.29, 0.717) is 0 Å². The zero-order valence-corrected chi connectivity index (χ0v) is 12.7. The molecule has 0 aliphatic carbocycles. The summed E-state index contributed by atoms with van der Waals surface area (Å²) in [5, 5.41) is 9.08. The molecule has 3 nitrogen and oxygen atoms in total. The standard InChI is InChI=1S/C14H22BrNO2/c1-3-4-7-16(8-9-17)11-12-5-6-14(18-2)13(15)10-12/h5-6,10,17H,3-4,7-9,11H2,1-2H3. The molecule has 0 aromatic heterocycles. The van der Waals surface area contributed by atoms with Crippen molar-refractivity contribution in [1.29, 1.82) is 0 Å². The van der Waals surface area contributed by atoms with Gasteiger partial charge in [0.15, 0.2) is 0 Å². The molecule has 4 heteroatoms. The van der Waals surface area contributed by atoms with E-state index in [1.54, 1.807) is 7.11 Å². The molecule has 0 spiro atoms. The van der Waals surface area contributed by atoms with Gasteiger partial charge in [0, 0.05) is 13.1 Å². The second-order valence-corrected chi connectivity index (χ2v) is 5.18. The van der Waals surface area contributed by atoms with E-state index in [4.69, 9.17) is 9.84 Å². The highest BCUT2D eigenvalue weighted by molar-refractivity contribution is 9.10. The molecule has 0 heterocycles. The van der Waals surface area contributed by atoms with Crippen molar-refractivity contribution in [3.63, 3.8) is 0 Å². The molecular formula is C14H22BrNO2. The lowest BCUT2D eigenvalue weighted by atomic mass is 10.2. The highest BCUT2D eigenvalue weighted by Crippen LogP contribution is 2.26. The third kappa shape index (κ3) is 4.96. The predicted octanol–water partition coefficient (Wildman–Crippen LogP) is 3.05. The lowest BCUT2D eigenvalue weighted by molar-refractivity contribution is 0.188. The van der Waals surface area contributed by atoms with Crippen molar-refractivity contribution in [2.45, 2.75) is 26.3 Å². The zero-order chi connectivity index (χ0) is 13.4. The number of hydrogen-bond acceptors (Lipinski definition) is 3. The molecule has 0 fully saturated rings. The van der Waals surface area contributed by atoms with Crippen molar-refractivity contribution in [3.8, 4) is 5.75 Å². The Morgan fingerprint density at radius 1 is 1.33 bits per heavy atom. The van der Waals surface area contributed by atoms with E-state index in [9.17, 15) is 0 Å². The molecule has 0 saturated heterocycles. The van der Waals surface area contributed by atoms with Gasteiger partial charge in [0.2, 0.25) is 0 Å². The Hall–Kier alpha value is -0.580. The molecule has 1 aromatic rings. The number of ether oxygens (including phenoxy) is 1. The van der Waals surface area contributed by atoms with Crippen LogP contribution in [0.3, 0.4) is 0 Å². The molecule has 1 aromatic carbocycles. The van der Waals surface area contributed by atoms with Crippen LogP contribution in [0.1, 0.15) is 25.3 Å². The molecule has 102 valence electrons. The average Bonchev–Trinajstić information content (AvgIpc) is 2.36. The van der Waals surface area contributed by atoms with E-state index in [1.807, 2.05) is 6.07 Å². The quantitative estimate of drug-likeness (QED) is 0.800. The van der Waals surface area contributed by atoms with Crippen LogP contribution in [0.15, 0.2) is 22.7 Å². The number of halogens is 1. The first-order chi connectivity index (χ1) is 8.71. The van der Waals surface area contributed by atoms with E-state index >= 15 is 0 Å². The van der Waals surface area contributed by atoms with Crippen LogP contribution < -0.4 is 4.74 Å². The van der Waals surface area contributed by atoms with Crippen molar-refractivity contribution in [2.24, 2.45) is 0 Å². The number of aliphatic hydroxyl groups is 1. The van der Waals surface area contributed by atoms with Crippen molar-refractivity contribution in [3.05, 3.63) is 28.2 Å². The Bertz CT molecular complexity index is 358. The summed E-state index contributed by atoms with van der Waals surface area (Å²) in [5.41, 5.74) is 1.23. The monoisotopic (exact) mass is 315 g/mol. The molecule has 1 rings (SSSR count). The number of methoxy groups -OCH3 is 1. The van der Waals surface area contributed by atoms with Gasteiger partial charge in [0.05, 0.1) is 18.2 Å². The Morgan fingerprint density at radius 3 is 2.67 bits per heavy atom. The van der Waals surface area contributed by atoms with Crippen LogP contribution in [0.2, 0.25) is 0 Å². The second-order valence-electron chi connectivity index (χ2n) is 4.32. The topological polar surface area (TPSA) is 32.7 Å². The molecule has 0 unspecified atom stereocenters. The van der Waals surface area contributed by atoms with Crippen LogP contribution in [-0.2, 0) is 6.54 Å². The molecule has 0 radical (unpaired) electrons. The largest absolute Gasteiger partial charge is 0.496 e. The van der Waals surface area contributed by atoms with Crippen LogP contribution in [0.5, 0.6) is 5.75 Å². The normalized spacial score (nSPS) is 10.9. The second kappa shape index (κ2) is 8.51. The zero-order valence-electron chi connectivity index (χ0n) is 11.2. The number of unbranched alkanes of at least 4 members (excludes halogenated alkanes) is 1. The van der Waals surface area contributed by atoms with E-state index in [-0.39, 0.29) is 6.61 Å². The Morgan fingerprint density at radius 2 is 2.11 bits per heavy atom. The fraction of sp³-hybridized carbons (Fsp3) is 0.571. The summed E-state index contributed by atoms with van der Waals surface area (Å²) < 4.78 is 6.19. The molecule has 0 atom stereocenters. The van der Waals surface area contributed by atoms with Gasteiger partial charge in [0.1, 0.15) is 5.75 Å². The first-order valence-corrected chi connectivity index (χ1v) is 7.16. The molecule has 0 amide bonds. The fourth-order valence-corrected chi connectivity index (χ4v) is 2.45. The number of nitrogens with zero attached hydrogens (tertiary/aromatic N) is 1. The number of rotatable bonds is 8. The van der Waals surface area contributed by atoms with E-state index in [2.05, 4.69) is 39.9 Å². The minimum atomic E-state index is 0.209. The van der Waals surface area contributed by atoms with Crippen molar-refractivity contribution >= 4 is 15.9 Å². The highest BCUT2D eigenvalue weighted by Gasteiger charge is 2.07. The first-order valence-electron chi connectivity index (χ1n) is 6.36. The van der Waals surface area contributed by atoms with Gasteiger partial charge < -0.3 is 9.84 Å². The third-order valence-corrected chi connectivity index (χ3v) is 3.49. The summed E-state index contributed by atoms with van der Waals surface area (Å²) in [6, 6.07) is 6.12. The van der Waals surface area contributed by atoms with E-state index < -0.39 is 0 Å². The van der Waals surface area contributed by atoms with Gasteiger partial charge in [-0.15, -0.1) is 0 Å². The first kappa shape index (κ1) is 15.5. The van der Waals surface area contributed by atoms with Crippen molar-refractivity contribution in [1.82, 2.24) is 4.90 Å². The van der Waals surface area contributed by atoms with Gasteiger partial charge in [-0.25, -0.2) is 0 Å². The molecule has 1 N–H and O–H groups in total. The Kier molecular flexibility index (Phi) is 7.32. The predicted molar refractivity (Wildman–Crippen MR) is 78.0 cm³/mol. The Labute approximate surface area is 118 Å². The summed E-state index contributed by atoms with van der Waals surface area (Å²) in [6.07, 6.45) is 2.34. The van der Waals surface area contributed by atoms with Gasteiger partial charge in [-0.05, 0) is 46.6 Å². The van der Waals surface area contributed by atoms with E-state index in [0.717, 1.165) is 36.3 Å². The lowest BCUT2D eigenvalue weighted by Gasteiger charge is -2.21. The van der Waals surface area contributed by atoms with Crippen molar-refractivity contribution < 1.29 is 9.84 Å². The average molecular weight is 316 g/mol. The van der Waals surface area contributed by atoms with Crippen LogP contribution in [0.4, 0.5) is 0 Å². The van der Waals surface area contributed by atoms with E-state index in [1.165, 1.54) is 12.0 Å². The fourth-order valence-electron chi connectivity index (χ4n) is 1.86. The number of aliphatic hydroxyl groups excluding tert-OH is 1. The maximum absolute atomic E-state index is 9.08. The minimum absolute atomic E-state index is 0.209. The van der Waals surface area contributed by atoms with Gasteiger partial charge in [-0.2, -0.15) is 0 Å². The molecule has 18 heavy (non-hydrogen) atoms. The molecular weight excluding hydrogens is 294 g/mol. The molecule has 0 saturated carbocycles. The summed E-state index contributed by atoms with van der Waals surface area (Å²) in [5.74, 6) is 0.848. The number of hydrogen-bond donors (Lipinski definition) is 1. The lowest BCUT2D eigenvalue weighted by Crippen LogP contribution is -2.27. The van der Waals surface area contributed by atoms with Crippen LogP contribution in [-0.4, -0.2) is 36.8 Å². The van der Waals surface area contributed by atoms with Gasteiger partial charge in [0.25, 0.3) is 0 Å². The minimum Gasteiger partial charge on any atom is -0.496 e. The molecule has 0 aliphatic rings.